The van der Waals surface area contributed by atoms with Crippen molar-refractivity contribution in [1.29, 1.82) is 0 Å². The largest absolute Gasteiger partial charge is 0.379 e. The first-order valence-electron chi connectivity index (χ1n) is 5.91. The van der Waals surface area contributed by atoms with Crippen molar-refractivity contribution in [2.75, 3.05) is 13.2 Å². The van der Waals surface area contributed by atoms with Crippen LogP contribution < -0.4 is 5.73 Å². The molecule has 1 aliphatic rings. The van der Waals surface area contributed by atoms with E-state index in [9.17, 15) is 0 Å². The molecular weight excluding hydrogens is 282 g/mol. The third kappa shape index (κ3) is 3.52. The van der Waals surface area contributed by atoms with Crippen molar-refractivity contribution < 1.29 is 9.47 Å². The first-order chi connectivity index (χ1) is 8.16. The normalized spacial score (nSPS) is 23.6. The molecule has 4 heteroatoms. The Kier molecular flexibility index (Phi) is 4.56. The maximum Gasteiger partial charge on any atom is 0.0978 e. The second-order valence-corrected chi connectivity index (χ2v) is 5.37. The highest BCUT2D eigenvalue weighted by Gasteiger charge is 2.24. The molecule has 1 aliphatic heterocycles. The van der Waals surface area contributed by atoms with Crippen LogP contribution in [0, 0.1) is 0 Å². The van der Waals surface area contributed by atoms with Gasteiger partial charge in [0.1, 0.15) is 0 Å². The molecule has 3 nitrogen and oxygen atoms in total. The molecule has 0 radical (unpaired) electrons. The summed E-state index contributed by atoms with van der Waals surface area (Å²) in [5.74, 6) is 0. The molecule has 3 unspecified atom stereocenters. The molecule has 0 spiro atoms. The van der Waals surface area contributed by atoms with E-state index in [-0.39, 0.29) is 18.2 Å². The first-order valence-corrected chi connectivity index (χ1v) is 6.70. The zero-order valence-electron chi connectivity index (χ0n) is 9.93. The molecule has 94 valence electrons. The number of nitrogens with two attached hydrogens (primary N) is 1. The molecular formula is C13H18BrNO2. The summed E-state index contributed by atoms with van der Waals surface area (Å²) in [6, 6.07) is 8.08. The van der Waals surface area contributed by atoms with Gasteiger partial charge in [-0.2, -0.15) is 0 Å². The van der Waals surface area contributed by atoms with Gasteiger partial charge in [0, 0.05) is 17.1 Å². The van der Waals surface area contributed by atoms with Crippen LogP contribution in [0.25, 0.3) is 0 Å². The minimum Gasteiger partial charge on any atom is -0.379 e. The summed E-state index contributed by atoms with van der Waals surface area (Å²) < 4.78 is 12.4. The van der Waals surface area contributed by atoms with Crippen LogP contribution in [0.2, 0.25) is 0 Å². The lowest BCUT2D eigenvalue weighted by Crippen LogP contribution is -2.30. The van der Waals surface area contributed by atoms with Gasteiger partial charge in [0.15, 0.2) is 0 Å². The van der Waals surface area contributed by atoms with Crippen molar-refractivity contribution in [3.05, 3.63) is 34.3 Å². The zero-order chi connectivity index (χ0) is 12.3. The van der Waals surface area contributed by atoms with Gasteiger partial charge in [0.25, 0.3) is 0 Å². The van der Waals surface area contributed by atoms with Crippen LogP contribution in [-0.2, 0) is 9.47 Å². The number of benzene rings is 1. The fourth-order valence-electron chi connectivity index (χ4n) is 2.02. The average molecular weight is 300 g/mol. The van der Waals surface area contributed by atoms with E-state index in [1.807, 2.05) is 19.1 Å². The number of rotatable bonds is 4. The van der Waals surface area contributed by atoms with Gasteiger partial charge in [-0.15, -0.1) is 0 Å². The Morgan fingerprint density at radius 3 is 2.94 bits per heavy atom. The molecule has 0 aliphatic carbocycles. The molecule has 1 aromatic carbocycles. The summed E-state index contributed by atoms with van der Waals surface area (Å²) >= 11 is 3.47. The molecule has 0 amide bonds. The standard InChI is InChI=1S/C13H18BrNO2/c1-9(15)13(17-12-5-6-16-8-12)10-3-2-4-11(14)7-10/h2-4,7,9,12-13H,5-6,8,15H2,1H3. The van der Waals surface area contributed by atoms with Crippen molar-refractivity contribution in [1.82, 2.24) is 0 Å². The molecule has 3 atom stereocenters. The summed E-state index contributed by atoms with van der Waals surface area (Å²) in [5.41, 5.74) is 7.13. The molecule has 1 aromatic rings. The van der Waals surface area contributed by atoms with Gasteiger partial charge < -0.3 is 15.2 Å². The SMILES string of the molecule is CC(N)C(OC1CCOC1)c1cccc(Br)c1. The van der Waals surface area contributed by atoms with Gasteiger partial charge in [-0.25, -0.2) is 0 Å². The third-order valence-corrected chi connectivity index (χ3v) is 3.37. The van der Waals surface area contributed by atoms with Gasteiger partial charge in [-0.1, -0.05) is 28.1 Å². The molecule has 0 bridgehead atoms. The van der Waals surface area contributed by atoms with Crippen molar-refractivity contribution in [2.24, 2.45) is 5.73 Å². The fraction of sp³-hybridized carbons (Fsp3) is 0.538. The Balaban J connectivity index is 2.10. The van der Waals surface area contributed by atoms with Crippen LogP contribution in [0.5, 0.6) is 0 Å². The quantitative estimate of drug-likeness (QED) is 0.929. The maximum atomic E-state index is 6.04. The van der Waals surface area contributed by atoms with E-state index in [2.05, 4.69) is 28.1 Å². The Bertz CT molecular complexity index is 364. The second kappa shape index (κ2) is 5.96. The molecule has 2 N–H and O–H groups in total. The van der Waals surface area contributed by atoms with Gasteiger partial charge in [0.05, 0.1) is 18.8 Å². The highest BCUT2D eigenvalue weighted by Crippen LogP contribution is 2.26. The van der Waals surface area contributed by atoms with E-state index >= 15 is 0 Å². The maximum absolute atomic E-state index is 6.04. The molecule has 1 fully saturated rings. The molecule has 0 saturated carbocycles. The highest BCUT2D eigenvalue weighted by molar-refractivity contribution is 9.10. The van der Waals surface area contributed by atoms with Crippen LogP contribution in [0.1, 0.15) is 25.0 Å². The van der Waals surface area contributed by atoms with E-state index < -0.39 is 0 Å². The minimum absolute atomic E-state index is 0.0371. The molecule has 2 rings (SSSR count). The lowest BCUT2D eigenvalue weighted by Gasteiger charge is -2.25. The minimum atomic E-state index is -0.0702. The predicted molar refractivity (Wildman–Crippen MR) is 70.8 cm³/mol. The van der Waals surface area contributed by atoms with Gasteiger partial charge in [-0.3, -0.25) is 0 Å². The van der Waals surface area contributed by atoms with Gasteiger partial charge in [0.2, 0.25) is 0 Å². The van der Waals surface area contributed by atoms with Gasteiger partial charge in [-0.05, 0) is 31.0 Å². The van der Waals surface area contributed by atoms with Crippen molar-refractivity contribution in [3.63, 3.8) is 0 Å². The third-order valence-electron chi connectivity index (χ3n) is 2.88. The van der Waals surface area contributed by atoms with Crippen molar-refractivity contribution >= 4 is 15.9 Å². The monoisotopic (exact) mass is 299 g/mol. The lowest BCUT2D eigenvalue weighted by atomic mass is 10.0. The van der Waals surface area contributed by atoms with E-state index in [0.717, 1.165) is 23.1 Å². The van der Waals surface area contributed by atoms with Crippen LogP contribution in [0.4, 0.5) is 0 Å². The summed E-state index contributed by atoms with van der Waals surface area (Å²) in [4.78, 5) is 0. The van der Waals surface area contributed by atoms with E-state index in [0.29, 0.717) is 6.61 Å². The summed E-state index contributed by atoms with van der Waals surface area (Å²) in [5, 5.41) is 0. The van der Waals surface area contributed by atoms with E-state index in [4.69, 9.17) is 15.2 Å². The zero-order valence-corrected chi connectivity index (χ0v) is 11.5. The Labute approximate surface area is 110 Å². The van der Waals surface area contributed by atoms with Crippen molar-refractivity contribution in [2.45, 2.75) is 31.6 Å². The van der Waals surface area contributed by atoms with Crippen LogP contribution in [-0.4, -0.2) is 25.4 Å². The number of ether oxygens (including phenoxy) is 2. The average Bonchev–Trinajstić information content (AvgIpc) is 2.78. The second-order valence-electron chi connectivity index (χ2n) is 4.46. The number of hydrogen-bond donors (Lipinski definition) is 1. The lowest BCUT2D eigenvalue weighted by molar-refractivity contribution is -0.0269. The number of hydrogen-bond acceptors (Lipinski definition) is 3. The molecule has 0 aromatic heterocycles. The topological polar surface area (TPSA) is 44.5 Å². The Morgan fingerprint density at radius 1 is 1.53 bits per heavy atom. The summed E-state index contributed by atoms with van der Waals surface area (Å²) in [7, 11) is 0. The molecule has 1 saturated heterocycles. The van der Waals surface area contributed by atoms with Crippen LogP contribution in [0.15, 0.2) is 28.7 Å². The smallest absolute Gasteiger partial charge is 0.0978 e. The van der Waals surface area contributed by atoms with Gasteiger partial charge >= 0.3 is 0 Å². The molecule has 17 heavy (non-hydrogen) atoms. The first kappa shape index (κ1) is 13.0. The Morgan fingerprint density at radius 2 is 2.35 bits per heavy atom. The number of halogens is 1. The van der Waals surface area contributed by atoms with E-state index in [1.54, 1.807) is 0 Å². The molecule has 1 heterocycles. The summed E-state index contributed by atoms with van der Waals surface area (Å²) in [6.45, 7) is 3.44. The highest BCUT2D eigenvalue weighted by atomic mass is 79.9. The van der Waals surface area contributed by atoms with E-state index in [1.165, 1.54) is 0 Å². The predicted octanol–water partition coefficient (Wildman–Crippen LogP) is 2.64. The Hall–Kier alpha value is -0.420. The van der Waals surface area contributed by atoms with Crippen molar-refractivity contribution in [3.8, 4) is 0 Å². The van der Waals surface area contributed by atoms with Crippen LogP contribution in [0.3, 0.4) is 0 Å². The summed E-state index contributed by atoms with van der Waals surface area (Å²) in [6.07, 6.45) is 1.06. The van der Waals surface area contributed by atoms with Crippen LogP contribution >= 0.6 is 15.9 Å². The fourth-order valence-corrected chi connectivity index (χ4v) is 2.43.